The number of rotatable bonds is 3. The Labute approximate surface area is 131 Å². The van der Waals surface area contributed by atoms with Crippen LogP contribution in [0.4, 0.5) is 0 Å². The third-order valence-corrected chi connectivity index (χ3v) is 4.52. The molecule has 1 aliphatic carbocycles. The van der Waals surface area contributed by atoms with Crippen molar-refractivity contribution in [3.05, 3.63) is 47.5 Å². The molecule has 0 bridgehead atoms. The number of nitrogens with zero attached hydrogens (tertiary/aromatic N) is 2. The Morgan fingerprint density at radius 1 is 1.14 bits per heavy atom. The summed E-state index contributed by atoms with van der Waals surface area (Å²) in [4.78, 5) is 24.7. The molecule has 2 amide bonds. The Morgan fingerprint density at radius 3 is 2.32 bits per heavy atom. The Morgan fingerprint density at radius 2 is 1.73 bits per heavy atom. The van der Waals surface area contributed by atoms with Crippen LogP contribution in [0, 0.1) is 5.92 Å². The van der Waals surface area contributed by atoms with Crippen molar-refractivity contribution in [3.8, 4) is 0 Å². The standard InChI is InChI=1S/C18H22N2O2/c1-13(2)18(22)20-9-5-8-19(20)17(21)12-14-10-15-6-3-4-7-16(15)11-14/h3-4,6-7,14H,1,5,8-12H2,2H3. The van der Waals surface area contributed by atoms with Crippen LogP contribution in [0.1, 0.15) is 30.9 Å². The summed E-state index contributed by atoms with van der Waals surface area (Å²) in [7, 11) is 0. The van der Waals surface area contributed by atoms with Gasteiger partial charge in [-0.25, -0.2) is 5.01 Å². The van der Waals surface area contributed by atoms with E-state index in [9.17, 15) is 9.59 Å². The van der Waals surface area contributed by atoms with Crippen LogP contribution in [-0.2, 0) is 22.4 Å². The fraction of sp³-hybridized carbons (Fsp3) is 0.444. The fourth-order valence-corrected chi connectivity index (χ4v) is 3.45. The Hall–Kier alpha value is -2.10. The van der Waals surface area contributed by atoms with Crippen molar-refractivity contribution >= 4 is 11.8 Å². The van der Waals surface area contributed by atoms with Gasteiger partial charge >= 0.3 is 0 Å². The summed E-state index contributed by atoms with van der Waals surface area (Å²) in [5, 5.41) is 3.19. The Bertz CT molecular complexity index is 598. The molecule has 1 aromatic carbocycles. The van der Waals surface area contributed by atoms with Gasteiger partial charge in [0, 0.05) is 25.1 Å². The van der Waals surface area contributed by atoms with Gasteiger partial charge in [-0.1, -0.05) is 30.8 Å². The zero-order valence-corrected chi connectivity index (χ0v) is 13.0. The van der Waals surface area contributed by atoms with E-state index in [0.29, 0.717) is 31.0 Å². The normalized spacial score (nSPS) is 17.7. The van der Waals surface area contributed by atoms with Gasteiger partial charge < -0.3 is 0 Å². The number of hydrazine groups is 1. The van der Waals surface area contributed by atoms with Gasteiger partial charge in [0.2, 0.25) is 5.91 Å². The molecule has 1 saturated heterocycles. The number of hydrogen-bond donors (Lipinski definition) is 0. The van der Waals surface area contributed by atoms with E-state index in [1.165, 1.54) is 11.1 Å². The maximum Gasteiger partial charge on any atom is 0.267 e. The lowest BCUT2D eigenvalue weighted by Crippen LogP contribution is -2.45. The van der Waals surface area contributed by atoms with E-state index in [0.717, 1.165) is 19.3 Å². The monoisotopic (exact) mass is 298 g/mol. The molecule has 1 aliphatic heterocycles. The summed E-state index contributed by atoms with van der Waals surface area (Å²) in [5.41, 5.74) is 3.20. The van der Waals surface area contributed by atoms with E-state index in [4.69, 9.17) is 0 Å². The molecule has 0 unspecified atom stereocenters. The lowest BCUT2D eigenvalue weighted by molar-refractivity contribution is -0.156. The zero-order valence-electron chi connectivity index (χ0n) is 13.0. The second-order valence-corrected chi connectivity index (χ2v) is 6.33. The van der Waals surface area contributed by atoms with Crippen LogP contribution in [0.15, 0.2) is 36.4 Å². The SMILES string of the molecule is C=C(C)C(=O)N1CCCN1C(=O)CC1Cc2ccccc2C1. The topological polar surface area (TPSA) is 40.6 Å². The summed E-state index contributed by atoms with van der Waals surface area (Å²) >= 11 is 0. The second-order valence-electron chi connectivity index (χ2n) is 6.33. The highest BCUT2D eigenvalue weighted by molar-refractivity contribution is 5.93. The molecule has 0 spiro atoms. The molecule has 1 heterocycles. The summed E-state index contributed by atoms with van der Waals surface area (Å²) in [6, 6.07) is 8.40. The lowest BCUT2D eigenvalue weighted by atomic mass is 10.0. The van der Waals surface area contributed by atoms with E-state index >= 15 is 0 Å². The highest BCUT2D eigenvalue weighted by Crippen LogP contribution is 2.29. The molecule has 0 saturated carbocycles. The maximum absolute atomic E-state index is 12.6. The van der Waals surface area contributed by atoms with Gasteiger partial charge in [-0.2, -0.15) is 0 Å². The van der Waals surface area contributed by atoms with Crippen molar-refractivity contribution in [2.45, 2.75) is 32.6 Å². The quantitative estimate of drug-likeness (QED) is 0.804. The molecule has 116 valence electrons. The fourth-order valence-electron chi connectivity index (χ4n) is 3.45. The molecule has 2 aliphatic rings. The van der Waals surface area contributed by atoms with Gasteiger partial charge in [0.05, 0.1) is 0 Å². The number of fused-ring (bicyclic) bond motifs is 1. The van der Waals surface area contributed by atoms with Gasteiger partial charge in [0.25, 0.3) is 5.91 Å². The minimum atomic E-state index is -0.138. The van der Waals surface area contributed by atoms with Crippen molar-refractivity contribution in [2.24, 2.45) is 5.92 Å². The average Bonchev–Trinajstić information content (AvgIpc) is 3.12. The van der Waals surface area contributed by atoms with Gasteiger partial charge in [0.15, 0.2) is 0 Å². The first-order valence-corrected chi connectivity index (χ1v) is 7.90. The summed E-state index contributed by atoms with van der Waals surface area (Å²) in [6.45, 7) is 6.64. The molecular weight excluding hydrogens is 276 g/mol. The maximum atomic E-state index is 12.6. The second kappa shape index (κ2) is 5.95. The highest BCUT2D eigenvalue weighted by Gasteiger charge is 2.33. The molecule has 1 fully saturated rings. The average molecular weight is 298 g/mol. The zero-order chi connectivity index (χ0) is 15.7. The molecule has 1 aromatic rings. The van der Waals surface area contributed by atoms with Crippen molar-refractivity contribution < 1.29 is 9.59 Å². The minimum Gasteiger partial charge on any atom is -0.273 e. The highest BCUT2D eigenvalue weighted by atomic mass is 16.2. The third-order valence-electron chi connectivity index (χ3n) is 4.52. The molecule has 0 radical (unpaired) electrons. The minimum absolute atomic E-state index is 0.0601. The van der Waals surface area contributed by atoms with Gasteiger partial charge in [-0.15, -0.1) is 0 Å². The van der Waals surface area contributed by atoms with Crippen molar-refractivity contribution in [1.82, 2.24) is 10.0 Å². The van der Waals surface area contributed by atoms with Crippen LogP contribution in [0.2, 0.25) is 0 Å². The lowest BCUT2D eigenvalue weighted by Gasteiger charge is -2.28. The smallest absolute Gasteiger partial charge is 0.267 e. The van der Waals surface area contributed by atoms with Crippen LogP contribution in [0.3, 0.4) is 0 Å². The first-order chi connectivity index (χ1) is 10.6. The Balaban J connectivity index is 1.63. The van der Waals surface area contributed by atoms with Crippen LogP contribution < -0.4 is 0 Å². The first-order valence-electron chi connectivity index (χ1n) is 7.90. The predicted molar refractivity (Wildman–Crippen MR) is 84.8 cm³/mol. The van der Waals surface area contributed by atoms with Crippen LogP contribution in [0.5, 0.6) is 0 Å². The first kappa shape index (κ1) is 14.8. The number of amides is 2. The number of carbonyl (C=O) groups excluding carboxylic acids is 2. The molecule has 4 nitrogen and oxygen atoms in total. The van der Waals surface area contributed by atoms with Crippen LogP contribution in [0.25, 0.3) is 0 Å². The van der Waals surface area contributed by atoms with E-state index < -0.39 is 0 Å². The molecule has 3 rings (SSSR count). The van der Waals surface area contributed by atoms with Crippen molar-refractivity contribution in [3.63, 3.8) is 0 Å². The molecule has 0 aromatic heterocycles. The summed E-state index contributed by atoms with van der Waals surface area (Å²) in [5.74, 6) is 0.276. The van der Waals surface area contributed by atoms with Crippen molar-refractivity contribution in [2.75, 3.05) is 13.1 Å². The van der Waals surface area contributed by atoms with E-state index in [2.05, 4.69) is 30.8 Å². The van der Waals surface area contributed by atoms with Gasteiger partial charge in [-0.05, 0) is 43.2 Å². The van der Waals surface area contributed by atoms with Crippen LogP contribution >= 0.6 is 0 Å². The number of benzene rings is 1. The summed E-state index contributed by atoms with van der Waals surface area (Å²) in [6.07, 6.45) is 3.28. The van der Waals surface area contributed by atoms with E-state index in [1.807, 2.05) is 0 Å². The van der Waals surface area contributed by atoms with E-state index in [1.54, 1.807) is 16.9 Å². The van der Waals surface area contributed by atoms with Crippen molar-refractivity contribution in [1.29, 1.82) is 0 Å². The number of carbonyl (C=O) groups is 2. The Kier molecular flexibility index (Phi) is 4.01. The molecule has 22 heavy (non-hydrogen) atoms. The van der Waals surface area contributed by atoms with Gasteiger partial charge in [-0.3, -0.25) is 14.6 Å². The largest absolute Gasteiger partial charge is 0.273 e. The predicted octanol–water partition coefficient (Wildman–Crippen LogP) is 2.34. The molecule has 0 atom stereocenters. The molecule has 0 N–H and O–H groups in total. The molecular formula is C18H22N2O2. The van der Waals surface area contributed by atoms with E-state index in [-0.39, 0.29) is 11.8 Å². The van der Waals surface area contributed by atoms with Gasteiger partial charge in [0.1, 0.15) is 0 Å². The molecule has 4 heteroatoms. The number of hydrogen-bond acceptors (Lipinski definition) is 2. The van der Waals surface area contributed by atoms with Crippen LogP contribution in [-0.4, -0.2) is 34.9 Å². The third kappa shape index (κ3) is 2.78. The summed E-state index contributed by atoms with van der Waals surface area (Å²) < 4.78 is 0.